The lowest BCUT2D eigenvalue weighted by atomic mass is 9.77. The van der Waals surface area contributed by atoms with Gasteiger partial charge in [-0.05, 0) is 26.7 Å². The summed E-state index contributed by atoms with van der Waals surface area (Å²) in [5, 5.41) is 26.0. The van der Waals surface area contributed by atoms with E-state index in [0.29, 0.717) is 19.4 Å². The van der Waals surface area contributed by atoms with Crippen LogP contribution in [-0.4, -0.2) is 62.0 Å². The van der Waals surface area contributed by atoms with Crippen LogP contribution in [0.3, 0.4) is 0 Å². The predicted octanol–water partition coefficient (Wildman–Crippen LogP) is 0.0475. The summed E-state index contributed by atoms with van der Waals surface area (Å²) in [6, 6.07) is 0. The molecule has 3 heterocycles. The average Bonchev–Trinajstić information content (AvgIpc) is 3.02. The lowest BCUT2D eigenvalue weighted by molar-refractivity contribution is -0.144. The molecule has 1 unspecified atom stereocenters. The number of hydrogen-bond donors (Lipinski definition) is 3. The number of aliphatic hydroxyl groups excluding tert-OH is 1. The maximum Gasteiger partial charge on any atom is 0.309 e. The van der Waals surface area contributed by atoms with Gasteiger partial charge in [0, 0.05) is 37.3 Å². The molecule has 1 spiro atoms. The highest BCUT2D eigenvalue weighted by molar-refractivity contribution is 5.88. The van der Waals surface area contributed by atoms with E-state index in [1.807, 2.05) is 18.5 Å². The zero-order valence-electron chi connectivity index (χ0n) is 14.8. The van der Waals surface area contributed by atoms with Crippen LogP contribution in [0.4, 0.5) is 0 Å². The molecular weight excluding hydrogens is 324 g/mol. The van der Waals surface area contributed by atoms with Crippen LogP contribution in [0.5, 0.6) is 0 Å². The SMILES string of the molecule is Cc1nn(CCO)c(C)c1CN1CCC2(CC1)NC(=O)CC2C(=O)O. The second-order valence-electron chi connectivity index (χ2n) is 7.17. The molecule has 1 aromatic heterocycles. The number of aliphatic carboxylic acids is 1. The molecule has 2 saturated heterocycles. The van der Waals surface area contributed by atoms with E-state index in [0.717, 1.165) is 36.6 Å². The minimum Gasteiger partial charge on any atom is -0.481 e. The first-order valence-corrected chi connectivity index (χ1v) is 8.76. The number of rotatable bonds is 5. The van der Waals surface area contributed by atoms with Crippen LogP contribution in [0.1, 0.15) is 36.2 Å². The second-order valence-corrected chi connectivity index (χ2v) is 7.17. The summed E-state index contributed by atoms with van der Waals surface area (Å²) in [6.07, 6.45) is 1.39. The molecule has 8 nitrogen and oxygen atoms in total. The number of aromatic nitrogens is 2. The molecule has 138 valence electrons. The Kier molecular flexibility index (Phi) is 4.83. The fourth-order valence-electron chi connectivity index (χ4n) is 4.20. The number of nitrogens with zero attached hydrogens (tertiary/aromatic N) is 3. The van der Waals surface area contributed by atoms with Crippen molar-refractivity contribution in [3.63, 3.8) is 0 Å². The molecule has 8 heteroatoms. The summed E-state index contributed by atoms with van der Waals surface area (Å²) in [5.74, 6) is -1.67. The Balaban J connectivity index is 1.67. The lowest BCUT2D eigenvalue weighted by Gasteiger charge is -2.41. The van der Waals surface area contributed by atoms with Crippen LogP contribution >= 0.6 is 0 Å². The molecule has 0 bridgehead atoms. The number of carbonyl (C=O) groups is 2. The number of amides is 1. The first-order chi connectivity index (χ1) is 11.9. The largest absolute Gasteiger partial charge is 0.481 e. The third kappa shape index (κ3) is 3.28. The number of carbonyl (C=O) groups excluding carboxylic acids is 1. The molecule has 2 fully saturated rings. The van der Waals surface area contributed by atoms with E-state index < -0.39 is 17.4 Å². The highest BCUT2D eigenvalue weighted by atomic mass is 16.4. The van der Waals surface area contributed by atoms with E-state index in [1.54, 1.807) is 0 Å². The molecule has 0 saturated carbocycles. The summed E-state index contributed by atoms with van der Waals surface area (Å²) >= 11 is 0. The first-order valence-electron chi connectivity index (χ1n) is 8.76. The summed E-state index contributed by atoms with van der Waals surface area (Å²) < 4.78 is 1.83. The number of likely N-dealkylation sites (tertiary alicyclic amines) is 1. The Bertz CT molecular complexity index is 676. The molecule has 3 N–H and O–H groups in total. The van der Waals surface area contributed by atoms with E-state index >= 15 is 0 Å². The van der Waals surface area contributed by atoms with E-state index in [4.69, 9.17) is 5.11 Å². The molecular formula is C17H26N4O4. The van der Waals surface area contributed by atoms with Gasteiger partial charge in [0.1, 0.15) is 0 Å². The van der Waals surface area contributed by atoms with Crippen molar-refractivity contribution in [2.75, 3.05) is 19.7 Å². The van der Waals surface area contributed by atoms with Gasteiger partial charge in [-0.2, -0.15) is 5.10 Å². The highest BCUT2D eigenvalue weighted by Gasteiger charge is 2.51. The van der Waals surface area contributed by atoms with Gasteiger partial charge in [-0.3, -0.25) is 19.2 Å². The van der Waals surface area contributed by atoms with Gasteiger partial charge in [0.05, 0.1) is 30.3 Å². The second kappa shape index (κ2) is 6.76. The Morgan fingerprint density at radius 1 is 1.36 bits per heavy atom. The molecule has 1 atom stereocenters. The first kappa shape index (κ1) is 17.9. The van der Waals surface area contributed by atoms with E-state index in [1.165, 1.54) is 0 Å². The number of piperidine rings is 1. The van der Waals surface area contributed by atoms with Gasteiger partial charge in [0.25, 0.3) is 0 Å². The summed E-state index contributed by atoms with van der Waals surface area (Å²) in [4.78, 5) is 25.5. The molecule has 1 aromatic rings. The number of carboxylic acid groups (broad SMARTS) is 1. The van der Waals surface area contributed by atoms with E-state index in [9.17, 15) is 14.7 Å². The summed E-state index contributed by atoms with van der Waals surface area (Å²) in [5.41, 5.74) is 2.59. The third-order valence-electron chi connectivity index (χ3n) is 5.72. The standard InChI is InChI=1S/C17H26N4O4/c1-11-13(12(2)21(19-11)7-8-22)10-20-5-3-17(4-6-20)14(16(24)25)9-15(23)18-17/h14,22H,3-10H2,1-2H3,(H,18,23)(H,24,25). The van der Waals surface area contributed by atoms with Crippen molar-refractivity contribution in [2.45, 2.75) is 51.7 Å². The quantitative estimate of drug-likeness (QED) is 0.692. The average molecular weight is 350 g/mol. The predicted molar refractivity (Wildman–Crippen MR) is 89.9 cm³/mol. The monoisotopic (exact) mass is 350 g/mol. The third-order valence-corrected chi connectivity index (χ3v) is 5.72. The van der Waals surface area contributed by atoms with Gasteiger partial charge in [0.2, 0.25) is 5.91 Å². The van der Waals surface area contributed by atoms with Gasteiger partial charge in [-0.15, -0.1) is 0 Å². The Labute approximate surface area is 146 Å². The van der Waals surface area contributed by atoms with Crippen LogP contribution in [-0.2, 0) is 22.7 Å². The minimum absolute atomic E-state index is 0.0594. The van der Waals surface area contributed by atoms with E-state index in [-0.39, 0.29) is 18.9 Å². The fraction of sp³-hybridized carbons (Fsp3) is 0.706. The molecule has 2 aliphatic heterocycles. The molecule has 1 amide bonds. The van der Waals surface area contributed by atoms with Crippen LogP contribution in [0.15, 0.2) is 0 Å². The van der Waals surface area contributed by atoms with Crippen LogP contribution in [0, 0.1) is 19.8 Å². The topological polar surface area (TPSA) is 108 Å². The zero-order valence-corrected chi connectivity index (χ0v) is 14.8. The number of aryl methyl sites for hydroxylation is 1. The molecule has 0 aromatic carbocycles. The lowest BCUT2D eigenvalue weighted by Crippen LogP contribution is -2.55. The Morgan fingerprint density at radius 2 is 2.04 bits per heavy atom. The molecule has 2 aliphatic rings. The highest BCUT2D eigenvalue weighted by Crippen LogP contribution is 2.37. The van der Waals surface area contributed by atoms with Gasteiger partial charge in [-0.1, -0.05) is 0 Å². The number of aliphatic hydroxyl groups is 1. The summed E-state index contributed by atoms with van der Waals surface area (Å²) in [7, 11) is 0. The van der Waals surface area contributed by atoms with Crippen molar-refractivity contribution in [3.8, 4) is 0 Å². The van der Waals surface area contributed by atoms with Gasteiger partial charge < -0.3 is 15.5 Å². The molecule has 0 aliphatic carbocycles. The number of hydrogen-bond acceptors (Lipinski definition) is 5. The van der Waals surface area contributed by atoms with Crippen molar-refractivity contribution in [3.05, 3.63) is 17.0 Å². The fourth-order valence-corrected chi connectivity index (χ4v) is 4.20. The Morgan fingerprint density at radius 3 is 2.64 bits per heavy atom. The maximum atomic E-state index is 11.7. The number of carboxylic acids is 1. The smallest absolute Gasteiger partial charge is 0.309 e. The molecule has 25 heavy (non-hydrogen) atoms. The van der Waals surface area contributed by atoms with Crippen LogP contribution < -0.4 is 5.32 Å². The van der Waals surface area contributed by atoms with Crippen molar-refractivity contribution in [2.24, 2.45) is 5.92 Å². The van der Waals surface area contributed by atoms with E-state index in [2.05, 4.69) is 15.3 Å². The van der Waals surface area contributed by atoms with Crippen LogP contribution in [0.2, 0.25) is 0 Å². The number of nitrogens with one attached hydrogen (secondary N) is 1. The minimum atomic E-state index is -0.885. The molecule has 3 rings (SSSR count). The molecule has 0 radical (unpaired) electrons. The van der Waals surface area contributed by atoms with Crippen LogP contribution in [0.25, 0.3) is 0 Å². The van der Waals surface area contributed by atoms with Gasteiger partial charge >= 0.3 is 5.97 Å². The van der Waals surface area contributed by atoms with Crippen molar-refractivity contribution in [1.29, 1.82) is 0 Å². The normalized spacial score (nSPS) is 23.2. The van der Waals surface area contributed by atoms with Gasteiger partial charge in [0.15, 0.2) is 0 Å². The Hall–Kier alpha value is -1.93. The van der Waals surface area contributed by atoms with Crippen molar-refractivity contribution in [1.82, 2.24) is 20.0 Å². The van der Waals surface area contributed by atoms with Crippen molar-refractivity contribution < 1.29 is 19.8 Å². The summed E-state index contributed by atoms with van der Waals surface area (Å²) in [6.45, 7) is 6.77. The van der Waals surface area contributed by atoms with Crippen molar-refractivity contribution >= 4 is 11.9 Å². The zero-order chi connectivity index (χ0) is 18.2. The maximum absolute atomic E-state index is 11.7. The van der Waals surface area contributed by atoms with Gasteiger partial charge in [-0.25, -0.2) is 0 Å².